The van der Waals surface area contributed by atoms with Gasteiger partial charge in [0.2, 0.25) is 23.6 Å². The van der Waals surface area contributed by atoms with Gasteiger partial charge in [0.1, 0.15) is 12.1 Å². The second kappa shape index (κ2) is 11.1. The van der Waals surface area contributed by atoms with Crippen LogP contribution >= 0.6 is 0 Å². The SMILES string of the molecule is NC(=O)[C@H](CC(=O)NCC12CCC(CC1)N=N2)NC(=O)[C@@H]1CCCN1C(=O)[C@@H](N)Cc1c[nH]c2ccccc12. The largest absolute Gasteiger partial charge is 0.368 e. The van der Waals surface area contributed by atoms with Crippen molar-refractivity contribution in [2.45, 2.75) is 81.1 Å². The number of para-hydroxylation sites is 1. The van der Waals surface area contributed by atoms with E-state index in [1.54, 1.807) is 0 Å². The van der Waals surface area contributed by atoms with Crippen molar-refractivity contribution in [1.29, 1.82) is 0 Å². The maximum Gasteiger partial charge on any atom is 0.243 e. The molecule has 12 nitrogen and oxygen atoms in total. The van der Waals surface area contributed by atoms with Crippen LogP contribution < -0.4 is 22.1 Å². The van der Waals surface area contributed by atoms with Crippen LogP contribution in [0, 0.1) is 0 Å². The van der Waals surface area contributed by atoms with E-state index >= 15 is 0 Å². The summed E-state index contributed by atoms with van der Waals surface area (Å²) in [5, 5.41) is 15.1. The first-order valence-electron chi connectivity index (χ1n) is 13.6. The third kappa shape index (κ3) is 5.80. The van der Waals surface area contributed by atoms with E-state index in [0.29, 0.717) is 38.4 Å². The van der Waals surface area contributed by atoms with Gasteiger partial charge in [0.05, 0.1) is 24.0 Å². The lowest BCUT2D eigenvalue weighted by atomic mass is 9.78. The number of H-pyrrole nitrogens is 1. The number of carbonyl (C=O) groups is 4. The number of nitrogens with zero attached hydrogens (tertiary/aromatic N) is 3. The number of azo groups is 1. The van der Waals surface area contributed by atoms with E-state index < -0.39 is 35.8 Å². The zero-order chi connectivity index (χ0) is 27.6. The van der Waals surface area contributed by atoms with E-state index in [1.807, 2.05) is 30.5 Å². The molecule has 4 amide bonds. The van der Waals surface area contributed by atoms with Crippen molar-refractivity contribution in [1.82, 2.24) is 20.5 Å². The molecule has 4 heterocycles. The Bertz CT molecular complexity index is 1280. The number of hydrogen-bond donors (Lipinski definition) is 5. The monoisotopic (exact) mass is 536 g/mol. The topological polar surface area (TPSA) is 188 Å². The number of fused-ring (bicyclic) bond motifs is 3. The van der Waals surface area contributed by atoms with Crippen molar-refractivity contribution < 1.29 is 19.2 Å². The molecule has 12 heteroatoms. The summed E-state index contributed by atoms with van der Waals surface area (Å²) in [7, 11) is 0. The van der Waals surface area contributed by atoms with E-state index in [0.717, 1.165) is 42.1 Å². The van der Waals surface area contributed by atoms with Crippen LogP contribution in [-0.2, 0) is 25.6 Å². The number of primary amides is 1. The first kappa shape index (κ1) is 26.8. The maximum atomic E-state index is 13.3. The van der Waals surface area contributed by atoms with Crippen LogP contribution in [0.5, 0.6) is 0 Å². The van der Waals surface area contributed by atoms with Crippen LogP contribution in [0.15, 0.2) is 40.7 Å². The molecule has 4 aliphatic rings. The Hall–Kier alpha value is -3.80. The Morgan fingerprint density at radius 3 is 2.64 bits per heavy atom. The van der Waals surface area contributed by atoms with Gasteiger partial charge in [-0.3, -0.25) is 19.2 Å². The number of amides is 4. The Morgan fingerprint density at radius 2 is 1.92 bits per heavy atom. The van der Waals surface area contributed by atoms with Gasteiger partial charge in [-0.2, -0.15) is 10.2 Å². The molecule has 0 unspecified atom stereocenters. The summed E-state index contributed by atoms with van der Waals surface area (Å²) >= 11 is 0. The Kier molecular flexibility index (Phi) is 7.65. The highest BCUT2D eigenvalue weighted by Crippen LogP contribution is 2.38. The molecule has 0 spiro atoms. The smallest absolute Gasteiger partial charge is 0.243 e. The molecule has 2 aromatic rings. The van der Waals surface area contributed by atoms with Crippen LogP contribution in [0.3, 0.4) is 0 Å². The fourth-order valence-corrected chi connectivity index (χ4v) is 5.92. The van der Waals surface area contributed by atoms with Gasteiger partial charge >= 0.3 is 0 Å². The van der Waals surface area contributed by atoms with Crippen LogP contribution in [0.4, 0.5) is 0 Å². The van der Waals surface area contributed by atoms with Gasteiger partial charge in [-0.1, -0.05) is 18.2 Å². The Balaban J connectivity index is 1.16. The number of nitrogens with two attached hydrogens (primary N) is 2. The third-order valence-corrected chi connectivity index (χ3v) is 8.25. The predicted octanol–water partition coefficient (Wildman–Crippen LogP) is 0.652. The Labute approximate surface area is 226 Å². The predicted molar refractivity (Wildman–Crippen MR) is 143 cm³/mol. The molecule has 1 aliphatic carbocycles. The van der Waals surface area contributed by atoms with E-state index in [4.69, 9.17) is 11.5 Å². The number of likely N-dealkylation sites (tertiary alicyclic amines) is 1. The van der Waals surface area contributed by atoms with E-state index in [9.17, 15) is 19.2 Å². The normalized spacial score (nSPS) is 25.4. The van der Waals surface area contributed by atoms with E-state index in [-0.39, 0.29) is 17.9 Å². The molecule has 6 rings (SSSR count). The molecule has 2 bridgehead atoms. The molecule has 1 saturated heterocycles. The van der Waals surface area contributed by atoms with E-state index in [1.165, 1.54) is 4.90 Å². The number of aromatic amines is 1. The first-order valence-corrected chi connectivity index (χ1v) is 13.6. The summed E-state index contributed by atoms with van der Waals surface area (Å²) < 4.78 is 0. The zero-order valence-corrected chi connectivity index (χ0v) is 21.9. The minimum absolute atomic E-state index is 0.294. The molecule has 1 aromatic carbocycles. The fourth-order valence-electron chi connectivity index (χ4n) is 5.92. The second-order valence-electron chi connectivity index (χ2n) is 11.0. The molecule has 0 radical (unpaired) electrons. The van der Waals surface area contributed by atoms with Crippen LogP contribution in [0.25, 0.3) is 10.9 Å². The summed E-state index contributed by atoms with van der Waals surface area (Å²) in [6.45, 7) is 0.721. The van der Waals surface area contributed by atoms with Crippen molar-refractivity contribution >= 4 is 34.5 Å². The minimum Gasteiger partial charge on any atom is -0.368 e. The number of carbonyl (C=O) groups excluding carboxylic acids is 4. The van der Waals surface area contributed by atoms with Gasteiger partial charge in [-0.15, -0.1) is 0 Å². The first-order chi connectivity index (χ1) is 18.7. The molecule has 2 fully saturated rings. The molecular formula is C27H36N8O4. The highest BCUT2D eigenvalue weighted by atomic mass is 16.2. The molecular weight excluding hydrogens is 500 g/mol. The van der Waals surface area contributed by atoms with Gasteiger partial charge in [0, 0.05) is 30.2 Å². The number of aromatic nitrogens is 1. The molecule has 3 atom stereocenters. The van der Waals surface area contributed by atoms with Crippen LogP contribution in [0.2, 0.25) is 0 Å². The van der Waals surface area contributed by atoms with Crippen molar-refractivity contribution in [3.05, 3.63) is 36.0 Å². The number of nitrogens with one attached hydrogen (secondary N) is 3. The molecule has 7 N–H and O–H groups in total. The van der Waals surface area contributed by atoms with Crippen molar-refractivity contribution in [3.63, 3.8) is 0 Å². The molecule has 1 aromatic heterocycles. The lowest BCUT2D eigenvalue weighted by molar-refractivity contribution is -0.140. The van der Waals surface area contributed by atoms with Crippen molar-refractivity contribution in [2.24, 2.45) is 21.7 Å². The summed E-state index contributed by atoms with van der Waals surface area (Å²) in [4.78, 5) is 55.8. The summed E-state index contributed by atoms with van der Waals surface area (Å²) in [6.07, 6.45) is 6.58. The van der Waals surface area contributed by atoms with Gasteiger partial charge in [0.15, 0.2) is 0 Å². The maximum absolute atomic E-state index is 13.3. The van der Waals surface area contributed by atoms with Gasteiger partial charge in [0.25, 0.3) is 0 Å². The number of benzene rings is 1. The lowest BCUT2D eigenvalue weighted by Crippen LogP contribution is -2.56. The average Bonchev–Trinajstić information content (AvgIpc) is 3.60. The highest BCUT2D eigenvalue weighted by Gasteiger charge is 2.40. The third-order valence-electron chi connectivity index (χ3n) is 8.25. The van der Waals surface area contributed by atoms with Crippen LogP contribution in [-0.4, -0.2) is 76.3 Å². The zero-order valence-electron chi connectivity index (χ0n) is 21.9. The second-order valence-corrected chi connectivity index (χ2v) is 11.0. The van der Waals surface area contributed by atoms with E-state index in [2.05, 4.69) is 25.8 Å². The highest BCUT2D eigenvalue weighted by molar-refractivity contribution is 5.95. The fraction of sp³-hybridized carbons (Fsp3) is 0.556. The summed E-state index contributed by atoms with van der Waals surface area (Å²) in [5.41, 5.74) is 13.3. The van der Waals surface area contributed by atoms with Crippen molar-refractivity contribution in [3.8, 4) is 0 Å². The summed E-state index contributed by atoms with van der Waals surface area (Å²) in [5.74, 6) is -2.07. The Morgan fingerprint density at radius 1 is 1.15 bits per heavy atom. The minimum atomic E-state index is -1.20. The van der Waals surface area contributed by atoms with Crippen LogP contribution in [0.1, 0.15) is 50.5 Å². The van der Waals surface area contributed by atoms with Gasteiger partial charge in [-0.05, 0) is 56.6 Å². The average molecular weight is 537 g/mol. The van der Waals surface area contributed by atoms with Crippen molar-refractivity contribution in [2.75, 3.05) is 13.1 Å². The standard InChI is InChI=1S/C27H36N8O4/c28-19(12-16-14-30-20-5-2-1-4-18(16)20)26(39)35-11-3-6-22(35)25(38)32-21(24(29)37)13-23(36)31-15-27-9-7-17(8-10-27)33-34-27/h1-2,4-5,14,17,19,21-22,30H,3,6-13,15,28H2,(H2,29,37)(H,31,36)(H,32,38)/t17?,19-,21-,22-,27?/m0/s1. The molecule has 39 heavy (non-hydrogen) atoms. The number of rotatable bonds is 10. The summed E-state index contributed by atoms with van der Waals surface area (Å²) in [6, 6.07) is 5.25. The molecule has 1 saturated carbocycles. The lowest BCUT2D eigenvalue weighted by Gasteiger charge is -2.39. The molecule has 208 valence electrons. The number of hydrogen-bond acceptors (Lipinski definition) is 7. The quantitative estimate of drug-likeness (QED) is 0.298. The molecule has 3 aliphatic heterocycles. The van der Waals surface area contributed by atoms with Gasteiger partial charge in [-0.25, -0.2) is 0 Å². The van der Waals surface area contributed by atoms with Gasteiger partial charge < -0.3 is 32.0 Å².